The van der Waals surface area contributed by atoms with E-state index in [0.717, 1.165) is 68.6 Å². The molecule has 3 heterocycles. The van der Waals surface area contributed by atoms with Gasteiger partial charge in [0.1, 0.15) is 21.2 Å². The van der Waals surface area contributed by atoms with Gasteiger partial charge in [-0.2, -0.15) is 0 Å². The number of ether oxygens (including phenoxy) is 2. The van der Waals surface area contributed by atoms with Crippen LogP contribution < -0.4 is 20.5 Å². The number of carbonyl (C=O) groups excluding carboxylic acids is 2. The number of allylic oxidation sites excluding steroid dienone is 5. The summed E-state index contributed by atoms with van der Waals surface area (Å²) in [5.41, 5.74) is 6.32. The Morgan fingerprint density at radius 3 is 2.39 bits per heavy atom. The zero-order valence-electron chi connectivity index (χ0n) is 28.8. The van der Waals surface area contributed by atoms with Crippen LogP contribution in [-0.2, 0) is 9.47 Å². The quantitative estimate of drug-likeness (QED) is 0.120. The molecular formula is C39H48ClN3O5Si. The zero-order valence-corrected chi connectivity index (χ0v) is 30.6. The molecule has 1 N–H and O–H groups in total. The lowest BCUT2D eigenvalue weighted by molar-refractivity contribution is -0.582. The summed E-state index contributed by atoms with van der Waals surface area (Å²) >= 11 is 5.71. The fraction of sp³-hybridized carbons (Fsp3) is 0.462. The summed E-state index contributed by atoms with van der Waals surface area (Å²) in [5, 5.41) is 18.1. The van der Waals surface area contributed by atoms with E-state index in [1.165, 1.54) is 40.7 Å². The molecular weight excluding hydrogens is 654 g/mol. The summed E-state index contributed by atoms with van der Waals surface area (Å²) in [5.74, 6) is -0.838. The van der Waals surface area contributed by atoms with E-state index in [4.69, 9.17) is 21.1 Å². The molecule has 2 aromatic carbocycles. The molecule has 0 aromatic heterocycles. The van der Waals surface area contributed by atoms with Crippen LogP contribution >= 0.6 is 11.6 Å². The molecule has 10 heteroatoms. The zero-order chi connectivity index (χ0) is 34.4. The number of halogens is 1. The number of carboxylic acid groups (broad SMARTS) is 1. The Hall–Kier alpha value is -3.50. The van der Waals surface area contributed by atoms with Crippen molar-refractivity contribution < 1.29 is 28.7 Å². The van der Waals surface area contributed by atoms with Crippen LogP contribution in [-0.4, -0.2) is 95.3 Å². The number of unbranched alkanes of at least 4 members (excludes halogenated alkanes) is 3. The van der Waals surface area contributed by atoms with Gasteiger partial charge >= 0.3 is 0 Å². The Morgan fingerprint density at radius 2 is 1.69 bits per heavy atom. The molecule has 2 aromatic rings. The molecule has 1 aliphatic carbocycles. The number of amides is 1. The number of nitrogens with one attached hydrogen (secondary N) is 1. The van der Waals surface area contributed by atoms with Crippen LogP contribution in [0.4, 0.5) is 5.69 Å². The molecule has 8 nitrogen and oxygen atoms in total. The maximum Gasteiger partial charge on any atom is 0.251 e. The second kappa shape index (κ2) is 16.0. The number of alkyl halides is 1. The van der Waals surface area contributed by atoms with Crippen LogP contribution in [0.2, 0.25) is 13.1 Å². The summed E-state index contributed by atoms with van der Waals surface area (Å²) in [6, 6.07) is 11.5. The Kier molecular flexibility index (Phi) is 11.5. The number of nitrogens with zero attached hydrogens (tertiary/aromatic N) is 2. The number of rotatable bonds is 16. The highest BCUT2D eigenvalue weighted by molar-refractivity contribution is 6.98. The number of anilines is 1. The first-order valence-electron chi connectivity index (χ1n) is 17.8. The van der Waals surface area contributed by atoms with Crippen LogP contribution in [0.3, 0.4) is 0 Å². The highest BCUT2D eigenvalue weighted by atomic mass is 35.5. The summed E-state index contributed by atoms with van der Waals surface area (Å²) in [4.78, 5) is 28.4. The minimum absolute atomic E-state index is 0.0749. The van der Waals surface area contributed by atoms with Crippen LogP contribution in [0.5, 0.6) is 0 Å². The summed E-state index contributed by atoms with van der Waals surface area (Å²) in [7, 11) is -2.21. The van der Waals surface area contributed by atoms with Crippen molar-refractivity contribution in [3.05, 3.63) is 87.6 Å². The number of aromatic carboxylic acids is 1. The van der Waals surface area contributed by atoms with E-state index in [-0.39, 0.29) is 11.5 Å². The highest BCUT2D eigenvalue weighted by Gasteiger charge is 2.41. The number of hydrogen-bond donors (Lipinski definition) is 1. The largest absolute Gasteiger partial charge is 0.545 e. The molecule has 0 bridgehead atoms. The first-order valence-corrected chi connectivity index (χ1v) is 21.3. The molecule has 0 unspecified atom stereocenters. The predicted molar refractivity (Wildman–Crippen MR) is 197 cm³/mol. The first kappa shape index (κ1) is 35.3. The SMILES string of the molecule is C[Si]1(C)C2=CC(=[N+]3CCC3)C=CC2=C(c2cc(C(=O)NCCOCCOCCCCCCCl)ccc2C(=O)[O-])c2ccc(N3CCC3)cc21. The molecule has 0 radical (unpaired) electrons. The normalized spacial score (nSPS) is 17.6. The maximum atomic E-state index is 13.4. The molecule has 49 heavy (non-hydrogen) atoms. The van der Waals surface area contributed by atoms with E-state index < -0.39 is 14.0 Å². The van der Waals surface area contributed by atoms with Gasteiger partial charge in [0.2, 0.25) is 0 Å². The van der Waals surface area contributed by atoms with Crippen molar-refractivity contribution in [1.29, 1.82) is 0 Å². The van der Waals surface area contributed by atoms with Gasteiger partial charge in [0.15, 0.2) is 5.71 Å². The standard InChI is InChI=1S/C39H48ClN3O5Si/c1-49(2)35-26-29(42-17-7-18-42)10-13-32(35)37(33-14-11-30(27-36(33)49)43-19-8-20-43)34-25-28(9-12-31(34)39(45)46)38(44)41-16-22-48-24-23-47-21-6-4-3-5-15-40/h9-14,25-27H,3-8,15-24H2,1-2H3,(H-,41,44,45,46). The maximum absolute atomic E-state index is 13.4. The molecule has 2 fully saturated rings. The number of benzene rings is 2. The van der Waals surface area contributed by atoms with Gasteiger partial charge in [0.25, 0.3) is 5.91 Å². The van der Waals surface area contributed by atoms with Crippen molar-refractivity contribution in [2.75, 3.05) is 69.9 Å². The van der Waals surface area contributed by atoms with Gasteiger partial charge in [-0.3, -0.25) is 4.79 Å². The molecule has 6 rings (SSSR count). The van der Waals surface area contributed by atoms with Gasteiger partial charge in [-0.15, -0.1) is 11.6 Å². The van der Waals surface area contributed by atoms with Gasteiger partial charge in [0.05, 0.1) is 32.2 Å². The van der Waals surface area contributed by atoms with Crippen LogP contribution in [0.15, 0.2) is 65.4 Å². The monoisotopic (exact) mass is 701 g/mol. The van der Waals surface area contributed by atoms with Crippen molar-refractivity contribution in [2.24, 2.45) is 0 Å². The second-order valence-electron chi connectivity index (χ2n) is 13.8. The minimum Gasteiger partial charge on any atom is -0.545 e. The van der Waals surface area contributed by atoms with E-state index in [0.29, 0.717) is 50.0 Å². The van der Waals surface area contributed by atoms with Crippen molar-refractivity contribution in [3.63, 3.8) is 0 Å². The van der Waals surface area contributed by atoms with Crippen molar-refractivity contribution in [3.8, 4) is 0 Å². The van der Waals surface area contributed by atoms with Crippen LogP contribution in [0.25, 0.3) is 5.57 Å². The molecule has 2 saturated heterocycles. The smallest absolute Gasteiger partial charge is 0.251 e. The van der Waals surface area contributed by atoms with Gasteiger partial charge in [0, 0.05) is 61.1 Å². The Labute approximate surface area is 296 Å². The van der Waals surface area contributed by atoms with E-state index in [2.05, 4.69) is 64.3 Å². The topological polar surface area (TPSA) is 93.9 Å². The molecule has 1 amide bonds. The number of hydrogen-bond acceptors (Lipinski definition) is 6. The predicted octanol–water partition coefficient (Wildman–Crippen LogP) is 4.45. The Bertz CT molecular complexity index is 1700. The first-order chi connectivity index (χ1) is 23.8. The van der Waals surface area contributed by atoms with Gasteiger partial charge in [-0.05, 0) is 82.3 Å². The fourth-order valence-corrected chi connectivity index (χ4v) is 10.3. The summed E-state index contributed by atoms with van der Waals surface area (Å²) in [6.45, 7) is 11.3. The van der Waals surface area contributed by atoms with Gasteiger partial charge in [-0.1, -0.05) is 38.1 Å². The molecule has 0 spiro atoms. The molecule has 0 atom stereocenters. The molecule has 260 valence electrons. The Morgan fingerprint density at radius 1 is 0.918 bits per heavy atom. The molecule has 3 aliphatic heterocycles. The number of carboxylic acids is 1. The lowest BCUT2D eigenvalue weighted by Crippen LogP contribution is -2.50. The van der Waals surface area contributed by atoms with E-state index >= 15 is 0 Å². The average Bonchev–Trinajstić information content (AvgIpc) is 3.04. The average molecular weight is 702 g/mol. The summed E-state index contributed by atoms with van der Waals surface area (Å²) in [6.07, 6.45) is 13.3. The van der Waals surface area contributed by atoms with Crippen LogP contribution in [0, 0.1) is 0 Å². The van der Waals surface area contributed by atoms with Crippen molar-refractivity contribution in [2.45, 2.75) is 51.6 Å². The lowest BCUT2D eigenvalue weighted by Gasteiger charge is -2.40. The molecule has 4 aliphatic rings. The third-order valence-electron chi connectivity index (χ3n) is 10.2. The third-order valence-corrected chi connectivity index (χ3v) is 14.0. The Balaban J connectivity index is 1.24. The van der Waals surface area contributed by atoms with E-state index in [1.54, 1.807) is 12.1 Å². The van der Waals surface area contributed by atoms with Crippen molar-refractivity contribution >= 4 is 53.7 Å². The summed E-state index contributed by atoms with van der Waals surface area (Å²) < 4.78 is 13.7. The number of carbonyl (C=O) groups is 2. The van der Waals surface area contributed by atoms with E-state index in [1.807, 2.05) is 0 Å². The second-order valence-corrected chi connectivity index (χ2v) is 18.5. The third kappa shape index (κ3) is 7.80. The highest BCUT2D eigenvalue weighted by Crippen LogP contribution is 2.43. The minimum atomic E-state index is -2.21. The van der Waals surface area contributed by atoms with E-state index in [9.17, 15) is 14.7 Å². The van der Waals surface area contributed by atoms with Crippen LogP contribution in [0.1, 0.15) is 70.4 Å². The molecule has 0 saturated carbocycles. The van der Waals surface area contributed by atoms with Gasteiger partial charge < -0.3 is 29.6 Å². The lowest BCUT2D eigenvalue weighted by atomic mass is 9.86. The van der Waals surface area contributed by atoms with Crippen molar-refractivity contribution in [1.82, 2.24) is 5.32 Å². The fourth-order valence-electron chi connectivity index (χ4n) is 7.04. The van der Waals surface area contributed by atoms with Gasteiger partial charge in [-0.25, -0.2) is 4.58 Å². The number of fused-ring (bicyclic) bond motifs is 2.